The molecule has 2 nitrogen and oxygen atoms in total. The van der Waals surface area contributed by atoms with Gasteiger partial charge in [-0.15, -0.1) is 0 Å². The first-order valence-corrected chi connectivity index (χ1v) is 6.60. The van der Waals surface area contributed by atoms with E-state index in [0.717, 1.165) is 6.42 Å². The Morgan fingerprint density at radius 2 is 1.24 bits per heavy atom. The highest BCUT2D eigenvalue weighted by Gasteiger charge is 2.25. The van der Waals surface area contributed by atoms with Gasteiger partial charge < -0.3 is 9.47 Å². The molecule has 0 spiro atoms. The minimum atomic E-state index is -0.114. The van der Waals surface area contributed by atoms with Gasteiger partial charge in [0.25, 0.3) is 0 Å². The minimum Gasteiger partial charge on any atom is -0.373 e. The third kappa shape index (κ3) is 12.2. The summed E-state index contributed by atoms with van der Waals surface area (Å²) < 4.78 is 11.9. The normalized spacial score (nSPS) is 16.1. The molecule has 0 N–H and O–H groups in total. The van der Waals surface area contributed by atoms with Gasteiger partial charge in [0, 0.05) is 0 Å². The standard InChI is InChI=1S/C15H32O2/c1-13(2,3)10-12(17-15(7,8)9)11-16-14(4,5)6/h12H,10-11H2,1-9H3. The lowest BCUT2D eigenvalue weighted by atomic mass is 9.89. The van der Waals surface area contributed by atoms with Gasteiger partial charge in [0.2, 0.25) is 0 Å². The summed E-state index contributed by atoms with van der Waals surface area (Å²) in [5.41, 5.74) is 0.0473. The van der Waals surface area contributed by atoms with E-state index >= 15 is 0 Å². The van der Waals surface area contributed by atoms with Gasteiger partial charge in [-0.25, -0.2) is 0 Å². The summed E-state index contributed by atoms with van der Waals surface area (Å²) in [5, 5.41) is 0. The highest BCUT2D eigenvalue weighted by molar-refractivity contribution is 4.74. The van der Waals surface area contributed by atoms with Crippen LogP contribution in [0.1, 0.15) is 68.7 Å². The van der Waals surface area contributed by atoms with E-state index in [2.05, 4.69) is 62.3 Å². The number of rotatable bonds is 4. The molecule has 104 valence electrons. The molecule has 0 bridgehead atoms. The maximum absolute atomic E-state index is 6.08. The summed E-state index contributed by atoms with van der Waals surface area (Å²) in [6, 6.07) is 0. The molecule has 0 aromatic rings. The van der Waals surface area contributed by atoms with Crippen LogP contribution in [0.25, 0.3) is 0 Å². The molecule has 17 heavy (non-hydrogen) atoms. The number of ether oxygens (including phenoxy) is 2. The Kier molecular flexibility index (Phi) is 5.68. The number of hydrogen-bond donors (Lipinski definition) is 0. The first kappa shape index (κ1) is 16.9. The zero-order chi connectivity index (χ0) is 13.9. The summed E-state index contributed by atoms with van der Waals surface area (Å²) >= 11 is 0. The second-order valence-corrected chi connectivity index (χ2v) is 8.04. The largest absolute Gasteiger partial charge is 0.373 e. The first-order chi connectivity index (χ1) is 7.29. The average molecular weight is 244 g/mol. The Balaban J connectivity index is 4.42. The van der Waals surface area contributed by atoms with E-state index in [1.165, 1.54) is 0 Å². The van der Waals surface area contributed by atoms with Crippen molar-refractivity contribution in [2.24, 2.45) is 5.41 Å². The SMILES string of the molecule is CC(C)(C)CC(COC(C)(C)C)OC(C)(C)C. The molecule has 0 radical (unpaired) electrons. The zero-order valence-corrected chi connectivity index (χ0v) is 13.3. The topological polar surface area (TPSA) is 18.5 Å². The van der Waals surface area contributed by atoms with Gasteiger partial charge in [0.1, 0.15) is 0 Å². The molecule has 0 aromatic heterocycles. The molecule has 2 heteroatoms. The molecule has 0 aliphatic rings. The molecule has 0 aromatic carbocycles. The third-order valence-corrected chi connectivity index (χ3v) is 2.06. The predicted octanol–water partition coefficient (Wildman–Crippen LogP) is 4.42. The minimum absolute atomic E-state index is 0.0998. The van der Waals surface area contributed by atoms with Crippen molar-refractivity contribution in [3.05, 3.63) is 0 Å². The molecule has 0 amide bonds. The van der Waals surface area contributed by atoms with Crippen molar-refractivity contribution < 1.29 is 9.47 Å². The van der Waals surface area contributed by atoms with E-state index in [-0.39, 0.29) is 22.7 Å². The Bertz CT molecular complexity index is 197. The van der Waals surface area contributed by atoms with Crippen molar-refractivity contribution in [2.75, 3.05) is 6.61 Å². The summed E-state index contributed by atoms with van der Waals surface area (Å²) in [6.45, 7) is 19.9. The lowest BCUT2D eigenvalue weighted by molar-refractivity contribution is -0.129. The van der Waals surface area contributed by atoms with E-state index in [1.54, 1.807) is 0 Å². The van der Waals surface area contributed by atoms with Crippen molar-refractivity contribution in [1.82, 2.24) is 0 Å². The van der Waals surface area contributed by atoms with Crippen LogP contribution in [0.15, 0.2) is 0 Å². The molecule has 0 saturated heterocycles. The van der Waals surface area contributed by atoms with Crippen LogP contribution in [-0.4, -0.2) is 23.9 Å². The van der Waals surface area contributed by atoms with Crippen LogP contribution in [-0.2, 0) is 9.47 Å². The van der Waals surface area contributed by atoms with Gasteiger partial charge in [-0.05, 0) is 53.4 Å². The van der Waals surface area contributed by atoms with Crippen molar-refractivity contribution in [3.8, 4) is 0 Å². The molecule has 0 rings (SSSR count). The van der Waals surface area contributed by atoms with E-state index in [0.29, 0.717) is 6.61 Å². The van der Waals surface area contributed by atoms with Crippen LogP contribution in [0.3, 0.4) is 0 Å². The Morgan fingerprint density at radius 3 is 1.53 bits per heavy atom. The maximum atomic E-state index is 6.08. The second kappa shape index (κ2) is 5.71. The maximum Gasteiger partial charge on any atom is 0.0820 e. The van der Waals surface area contributed by atoms with Crippen molar-refractivity contribution >= 4 is 0 Å². The molecular weight excluding hydrogens is 212 g/mol. The quantitative estimate of drug-likeness (QED) is 0.728. The lowest BCUT2D eigenvalue weighted by Crippen LogP contribution is -2.36. The van der Waals surface area contributed by atoms with Gasteiger partial charge in [-0.1, -0.05) is 20.8 Å². The molecule has 1 atom stereocenters. The molecule has 0 aliphatic heterocycles. The van der Waals surface area contributed by atoms with E-state index in [1.807, 2.05) is 0 Å². The van der Waals surface area contributed by atoms with Crippen LogP contribution < -0.4 is 0 Å². The summed E-state index contributed by atoms with van der Waals surface area (Å²) in [5.74, 6) is 0. The fourth-order valence-corrected chi connectivity index (χ4v) is 1.66. The van der Waals surface area contributed by atoms with Gasteiger partial charge in [0.15, 0.2) is 0 Å². The fraction of sp³-hybridized carbons (Fsp3) is 1.00. The summed E-state index contributed by atoms with van der Waals surface area (Å²) in [4.78, 5) is 0. The smallest absolute Gasteiger partial charge is 0.0820 e. The van der Waals surface area contributed by atoms with Gasteiger partial charge in [0.05, 0.1) is 23.9 Å². The van der Waals surface area contributed by atoms with Gasteiger partial charge in [-0.3, -0.25) is 0 Å². The zero-order valence-electron chi connectivity index (χ0n) is 13.3. The molecule has 0 fully saturated rings. The first-order valence-electron chi connectivity index (χ1n) is 6.60. The number of hydrogen-bond acceptors (Lipinski definition) is 2. The molecule has 0 heterocycles. The van der Waals surface area contributed by atoms with Gasteiger partial charge >= 0.3 is 0 Å². The monoisotopic (exact) mass is 244 g/mol. The van der Waals surface area contributed by atoms with Crippen LogP contribution in [0.2, 0.25) is 0 Å². The predicted molar refractivity (Wildman–Crippen MR) is 74.4 cm³/mol. The highest BCUT2D eigenvalue weighted by Crippen LogP contribution is 2.26. The Hall–Kier alpha value is -0.0800. The van der Waals surface area contributed by atoms with Crippen LogP contribution in [0.5, 0.6) is 0 Å². The van der Waals surface area contributed by atoms with Gasteiger partial charge in [-0.2, -0.15) is 0 Å². The van der Waals surface area contributed by atoms with Crippen LogP contribution >= 0.6 is 0 Å². The van der Waals surface area contributed by atoms with E-state index in [4.69, 9.17) is 9.47 Å². The Labute approximate surface area is 108 Å². The average Bonchev–Trinajstić information content (AvgIpc) is 1.92. The van der Waals surface area contributed by atoms with E-state index < -0.39 is 0 Å². The van der Waals surface area contributed by atoms with E-state index in [9.17, 15) is 0 Å². The second-order valence-electron chi connectivity index (χ2n) is 8.04. The Morgan fingerprint density at radius 1 is 0.765 bits per heavy atom. The van der Waals surface area contributed by atoms with Crippen molar-refractivity contribution in [2.45, 2.75) is 86.0 Å². The summed E-state index contributed by atoms with van der Waals surface area (Å²) in [7, 11) is 0. The van der Waals surface area contributed by atoms with Crippen molar-refractivity contribution in [1.29, 1.82) is 0 Å². The third-order valence-electron chi connectivity index (χ3n) is 2.06. The molecule has 0 aliphatic carbocycles. The highest BCUT2D eigenvalue weighted by atomic mass is 16.6. The fourth-order valence-electron chi connectivity index (χ4n) is 1.66. The lowest BCUT2D eigenvalue weighted by Gasteiger charge is -2.33. The molecular formula is C15H32O2. The summed E-state index contributed by atoms with van der Waals surface area (Å²) in [6.07, 6.45) is 1.18. The molecule has 0 saturated carbocycles. The molecule has 1 unspecified atom stereocenters. The van der Waals surface area contributed by atoms with Crippen molar-refractivity contribution in [3.63, 3.8) is 0 Å². The van der Waals surface area contributed by atoms with Crippen LogP contribution in [0.4, 0.5) is 0 Å². The van der Waals surface area contributed by atoms with Crippen LogP contribution in [0, 0.1) is 5.41 Å².